The normalized spacial score (nSPS) is 29.8. The molecule has 0 saturated carbocycles. The topological polar surface area (TPSA) is 28.2 Å². The van der Waals surface area contributed by atoms with E-state index in [1.54, 1.807) is 0 Å². The molecule has 0 bridgehead atoms. The van der Waals surface area contributed by atoms with Gasteiger partial charge in [0.15, 0.2) is 0 Å². The van der Waals surface area contributed by atoms with Crippen LogP contribution in [-0.4, -0.2) is 36.1 Å². The molecule has 3 rings (SSSR count). The molecule has 2 aliphatic heterocycles. The van der Waals surface area contributed by atoms with E-state index >= 15 is 0 Å². The Morgan fingerprint density at radius 2 is 2.10 bits per heavy atom. The van der Waals surface area contributed by atoms with Crippen LogP contribution in [0.2, 0.25) is 0 Å². The van der Waals surface area contributed by atoms with E-state index in [-0.39, 0.29) is 0 Å². The van der Waals surface area contributed by atoms with Crippen molar-refractivity contribution in [1.82, 2.24) is 15.2 Å². The summed E-state index contributed by atoms with van der Waals surface area (Å²) in [7, 11) is 0. The van der Waals surface area contributed by atoms with E-state index in [9.17, 15) is 0 Å². The van der Waals surface area contributed by atoms with Crippen LogP contribution < -0.4 is 5.32 Å². The van der Waals surface area contributed by atoms with Crippen LogP contribution >= 0.6 is 11.3 Å². The van der Waals surface area contributed by atoms with Gasteiger partial charge in [0.2, 0.25) is 0 Å². The fourth-order valence-electron chi connectivity index (χ4n) is 4.06. The summed E-state index contributed by atoms with van der Waals surface area (Å²) in [4.78, 5) is 8.79. The fraction of sp³-hybridized carbons (Fsp3) is 0.812. The minimum absolute atomic E-state index is 0.528. The summed E-state index contributed by atoms with van der Waals surface area (Å²) in [5.74, 6) is 0. The average Bonchev–Trinajstić information content (AvgIpc) is 2.78. The number of thiazole rings is 1. The van der Waals surface area contributed by atoms with Crippen molar-refractivity contribution < 1.29 is 0 Å². The van der Waals surface area contributed by atoms with Crippen LogP contribution in [0, 0.1) is 19.3 Å². The molecule has 2 aliphatic rings. The molecule has 1 N–H and O–H groups in total. The number of hydrogen-bond donors (Lipinski definition) is 1. The maximum Gasteiger partial charge on any atom is 0.0900 e. The Morgan fingerprint density at radius 1 is 1.30 bits per heavy atom. The van der Waals surface area contributed by atoms with Crippen molar-refractivity contribution >= 4 is 11.3 Å². The largest absolute Gasteiger partial charge is 0.316 e. The van der Waals surface area contributed by atoms with Gasteiger partial charge in [0, 0.05) is 24.0 Å². The summed E-state index contributed by atoms with van der Waals surface area (Å²) < 4.78 is 0. The molecule has 0 radical (unpaired) electrons. The van der Waals surface area contributed by atoms with Gasteiger partial charge >= 0.3 is 0 Å². The average molecular weight is 293 g/mol. The van der Waals surface area contributed by atoms with Gasteiger partial charge in [-0.2, -0.15) is 0 Å². The van der Waals surface area contributed by atoms with Crippen LogP contribution in [-0.2, 0) is 0 Å². The first-order valence-corrected chi connectivity index (χ1v) is 8.80. The Bertz CT molecular complexity index is 457. The predicted molar refractivity (Wildman–Crippen MR) is 85.3 cm³/mol. The second-order valence-electron chi connectivity index (χ2n) is 6.71. The van der Waals surface area contributed by atoms with Crippen LogP contribution in [0.3, 0.4) is 0 Å². The van der Waals surface area contributed by atoms with E-state index < -0.39 is 0 Å². The van der Waals surface area contributed by atoms with Crippen molar-refractivity contribution in [1.29, 1.82) is 0 Å². The lowest BCUT2D eigenvalue weighted by Gasteiger charge is -2.47. The third-order valence-corrected chi connectivity index (χ3v) is 6.36. The van der Waals surface area contributed by atoms with Crippen LogP contribution in [0.1, 0.15) is 54.2 Å². The highest BCUT2D eigenvalue weighted by Gasteiger charge is 2.38. The van der Waals surface area contributed by atoms with Crippen molar-refractivity contribution in [2.45, 2.75) is 52.5 Å². The first-order valence-electron chi connectivity index (χ1n) is 7.98. The molecule has 0 aromatic carbocycles. The Morgan fingerprint density at radius 3 is 2.75 bits per heavy atom. The highest BCUT2D eigenvalue weighted by atomic mass is 32.1. The number of aromatic nitrogens is 1. The molecule has 20 heavy (non-hydrogen) atoms. The second kappa shape index (κ2) is 5.74. The zero-order valence-corrected chi connectivity index (χ0v) is 13.9. The lowest BCUT2D eigenvalue weighted by atomic mass is 9.74. The number of likely N-dealkylation sites (tertiary alicyclic amines) is 1. The minimum Gasteiger partial charge on any atom is -0.316 e. The standard InChI is InChI=1S/C16H27N3S/c1-12-15(20-14(3)18-12)13(2)19-9-5-7-16(11-19)6-4-8-17-10-16/h13,17H,4-11H2,1-3H3. The number of nitrogens with one attached hydrogen (secondary N) is 1. The monoisotopic (exact) mass is 293 g/mol. The molecular weight excluding hydrogens is 266 g/mol. The number of hydrogen-bond acceptors (Lipinski definition) is 4. The van der Waals surface area contributed by atoms with Crippen LogP contribution in [0.5, 0.6) is 0 Å². The molecule has 2 fully saturated rings. The molecule has 2 saturated heterocycles. The van der Waals surface area contributed by atoms with E-state index in [4.69, 9.17) is 0 Å². The minimum atomic E-state index is 0.528. The SMILES string of the molecule is Cc1nc(C)c(C(C)N2CCCC3(CCCNC3)C2)s1. The molecule has 1 aromatic rings. The van der Waals surface area contributed by atoms with Crippen LogP contribution in [0.15, 0.2) is 0 Å². The van der Waals surface area contributed by atoms with E-state index in [2.05, 4.69) is 36.0 Å². The van der Waals surface area contributed by atoms with Crippen molar-refractivity contribution in [3.8, 4) is 0 Å². The van der Waals surface area contributed by atoms with Gasteiger partial charge in [-0.05, 0) is 65.0 Å². The third kappa shape index (κ3) is 2.78. The van der Waals surface area contributed by atoms with Gasteiger partial charge in [-0.25, -0.2) is 4.98 Å². The van der Waals surface area contributed by atoms with Crippen molar-refractivity contribution in [3.63, 3.8) is 0 Å². The zero-order valence-electron chi connectivity index (χ0n) is 13.0. The summed E-state index contributed by atoms with van der Waals surface area (Å²) >= 11 is 1.88. The van der Waals surface area contributed by atoms with Gasteiger partial charge < -0.3 is 5.32 Å². The smallest absolute Gasteiger partial charge is 0.0900 e. The Labute approximate surface area is 126 Å². The molecular formula is C16H27N3S. The van der Waals surface area contributed by atoms with Crippen LogP contribution in [0.25, 0.3) is 0 Å². The first-order chi connectivity index (χ1) is 9.60. The Balaban J connectivity index is 1.74. The molecule has 1 aromatic heterocycles. The zero-order chi connectivity index (χ0) is 14.2. The third-order valence-electron chi connectivity index (χ3n) is 5.12. The number of rotatable bonds is 2. The molecule has 1 spiro atoms. The lowest BCUT2D eigenvalue weighted by molar-refractivity contribution is 0.0422. The lowest BCUT2D eigenvalue weighted by Crippen LogP contribution is -2.51. The van der Waals surface area contributed by atoms with Gasteiger partial charge in [-0.1, -0.05) is 0 Å². The van der Waals surface area contributed by atoms with Crippen molar-refractivity contribution in [3.05, 3.63) is 15.6 Å². The predicted octanol–water partition coefficient (Wildman–Crippen LogP) is 3.29. The van der Waals surface area contributed by atoms with E-state index in [0.717, 1.165) is 0 Å². The molecule has 3 nitrogen and oxygen atoms in total. The molecule has 3 heterocycles. The Hall–Kier alpha value is -0.450. The molecule has 4 heteroatoms. The van der Waals surface area contributed by atoms with E-state index in [1.165, 1.54) is 67.4 Å². The molecule has 2 unspecified atom stereocenters. The maximum absolute atomic E-state index is 4.61. The molecule has 2 atom stereocenters. The second-order valence-corrected chi connectivity index (χ2v) is 7.95. The van der Waals surface area contributed by atoms with Gasteiger partial charge in [0.25, 0.3) is 0 Å². The summed E-state index contributed by atoms with van der Waals surface area (Å²) in [5, 5.41) is 4.83. The van der Waals surface area contributed by atoms with Crippen molar-refractivity contribution in [2.24, 2.45) is 5.41 Å². The van der Waals surface area contributed by atoms with Crippen LogP contribution in [0.4, 0.5) is 0 Å². The summed E-state index contributed by atoms with van der Waals surface area (Å²) in [6.07, 6.45) is 5.51. The summed E-state index contributed by atoms with van der Waals surface area (Å²) in [5.41, 5.74) is 1.78. The van der Waals surface area contributed by atoms with Gasteiger partial charge in [0.1, 0.15) is 0 Å². The highest BCUT2D eigenvalue weighted by Crippen LogP contribution is 2.40. The molecule has 0 amide bonds. The summed E-state index contributed by atoms with van der Waals surface area (Å²) in [6, 6.07) is 0.528. The maximum atomic E-state index is 4.61. The van der Waals surface area contributed by atoms with Crippen molar-refractivity contribution in [2.75, 3.05) is 26.2 Å². The molecule has 112 valence electrons. The quantitative estimate of drug-likeness (QED) is 0.907. The first kappa shape index (κ1) is 14.5. The fourth-order valence-corrected chi connectivity index (χ4v) is 5.07. The number of nitrogens with zero attached hydrogens (tertiary/aromatic N) is 2. The number of piperidine rings is 2. The van der Waals surface area contributed by atoms with E-state index in [0.29, 0.717) is 11.5 Å². The van der Waals surface area contributed by atoms with Gasteiger partial charge in [-0.15, -0.1) is 11.3 Å². The summed E-state index contributed by atoms with van der Waals surface area (Å²) in [6.45, 7) is 11.6. The van der Waals surface area contributed by atoms with Gasteiger partial charge in [0.05, 0.1) is 10.7 Å². The Kier molecular flexibility index (Phi) is 4.16. The molecule has 0 aliphatic carbocycles. The van der Waals surface area contributed by atoms with E-state index in [1.807, 2.05) is 11.3 Å². The highest BCUT2D eigenvalue weighted by molar-refractivity contribution is 7.11. The van der Waals surface area contributed by atoms with Gasteiger partial charge in [-0.3, -0.25) is 4.90 Å². The number of aryl methyl sites for hydroxylation is 2.